The Kier molecular flexibility index (Phi) is 4.22. The van der Waals surface area contributed by atoms with Gasteiger partial charge in [-0.05, 0) is 29.0 Å². The van der Waals surface area contributed by atoms with E-state index in [-0.39, 0.29) is 5.82 Å². The zero-order chi connectivity index (χ0) is 16.1. The summed E-state index contributed by atoms with van der Waals surface area (Å²) in [5, 5.41) is 19.8. The van der Waals surface area contributed by atoms with Crippen LogP contribution in [-0.2, 0) is 8.47 Å². The molecule has 0 aromatic carbocycles. The highest BCUT2D eigenvalue weighted by molar-refractivity contribution is 14.1. The molecule has 3 heterocycles. The first-order valence-corrected chi connectivity index (χ1v) is 8.34. The number of ether oxygens (including phenoxy) is 1. The smallest absolute Gasteiger partial charge is 0.214 e. The fraction of sp³-hybridized carbons (Fsp3) is 0.583. The van der Waals surface area contributed by atoms with E-state index < -0.39 is 27.3 Å². The number of aliphatic hydroxyl groups excluding tert-OH is 2. The third-order valence-electron chi connectivity index (χ3n) is 3.81. The molecular formula is C12H16IN5O3S. The first-order valence-electron chi connectivity index (χ1n) is 6.75. The summed E-state index contributed by atoms with van der Waals surface area (Å²) in [4.78, 5) is 12.3. The Bertz CT molecular complexity index is 700. The van der Waals surface area contributed by atoms with Gasteiger partial charge in [0, 0.05) is 0 Å². The van der Waals surface area contributed by atoms with Crippen LogP contribution in [0.15, 0.2) is 12.7 Å². The number of thiol groups is 1. The van der Waals surface area contributed by atoms with Gasteiger partial charge in [0.15, 0.2) is 11.5 Å². The summed E-state index contributed by atoms with van der Waals surface area (Å²) < 4.78 is 6.56. The molecule has 1 aliphatic rings. The Morgan fingerprint density at radius 1 is 1.55 bits per heavy atom. The standard InChI is InChI=1S/C12H16IN5O3S/c1-2-5(19)8-7(20)9(22)12(13,21-8)18-4-17-6-10(14)15-3-16-11(6)18/h3-5,7-9,19-20,22H,2H2,1H3,(H2,14,15,16)/t5?,7-,8-,9-,12+/m1/s1. The Labute approximate surface area is 145 Å². The third-order valence-corrected chi connectivity index (χ3v) is 6.41. The van der Waals surface area contributed by atoms with Crippen molar-refractivity contribution in [1.82, 2.24) is 19.5 Å². The van der Waals surface area contributed by atoms with Gasteiger partial charge in [-0.3, -0.25) is 4.57 Å². The zero-order valence-corrected chi connectivity index (χ0v) is 14.7. The molecule has 0 saturated carbocycles. The molecule has 8 nitrogen and oxygen atoms in total. The van der Waals surface area contributed by atoms with Crippen LogP contribution in [-0.4, -0.2) is 53.3 Å². The number of imidazole rings is 1. The van der Waals surface area contributed by atoms with Gasteiger partial charge >= 0.3 is 0 Å². The van der Waals surface area contributed by atoms with E-state index in [0.29, 0.717) is 17.6 Å². The van der Waals surface area contributed by atoms with Crippen molar-refractivity contribution >= 4 is 52.2 Å². The van der Waals surface area contributed by atoms with Gasteiger partial charge in [0.25, 0.3) is 0 Å². The van der Waals surface area contributed by atoms with Crippen LogP contribution in [0.25, 0.3) is 11.2 Å². The van der Waals surface area contributed by atoms with Crippen molar-refractivity contribution in [3.8, 4) is 0 Å². The lowest BCUT2D eigenvalue weighted by Gasteiger charge is -2.28. The van der Waals surface area contributed by atoms with Crippen molar-refractivity contribution in [3.05, 3.63) is 12.7 Å². The van der Waals surface area contributed by atoms with E-state index in [9.17, 15) is 10.2 Å². The van der Waals surface area contributed by atoms with Crippen molar-refractivity contribution in [2.75, 3.05) is 5.73 Å². The van der Waals surface area contributed by atoms with Crippen molar-refractivity contribution in [2.24, 2.45) is 0 Å². The molecule has 10 heteroatoms. The van der Waals surface area contributed by atoms with Crippen LogP contribution < -0.4 is 5.73 Å². The highest BCUT2D eigenvalue weighted by Gasteiger charge is 2.55. The maximum absolute atomic E-state index is 10.4. The van der Waals surface area contributed by atoms with E-state index >= 15 is 0 Å². The first kappa shape index (κ1) is 16.2. The van der Waals surface area contributed by atoms with Crippen LogP contribution in [0, 0.1) is 0 Å². The normalized spacial score (nSPS) is 33.4. The number of nitrogens with zero attached hydrogens (tertiary/aromatic N) is 4. The number of aliphatic hydroxyl groups is 2. The number of fused-ring (bicyclic) bond motifs is 1. The van der Waals surface area contributed by atoms with E-state index in [4.69, 9.17) is 10.5 Å². The quantitative estimate of drug-likeness (QED) is 0.310. The molecule has 1 aliphatic heterocycles. The van der Waals surface area contributed by atoms with Crippen molar-refractivity contribution in [3.63, 3.8) is 0 Å². The summed E-state index contributed by atoms with van der Waals surface area (Å²) in [5.74, 6) is 0.267. The minimum atomic E-state index is -1.04. The number of hydrogen-bond donors (Lipinski definition) is 4. The predicted molar refractivity (Wildman–Crippen MR) is 91.7 cm³/mol. The van der Waals surface area contributed by atoms with E-state index in [1.165, 1.54) is 12.7 Å². The second kappa shape index (κ2) is 5.74. The summed E-state index contributed by atoms with van der Waals surface area (Å²) in [6.07, 6.45) is 0.893. The van der Waals surface area contributed by atoms with Crippen LogP contribution in [0.1, 0.15) is 13.3 Å². The monoisotopic (exact) mass is 437 g/mol. The molecule has 4 N–H and O–H groups in total. The maximum atomic E-state index is 10.4. The number of nitrogen functional groups attached to an aromatic ring is 1. The number of halogens is 1. The number of hydrogen-bond acceptors (Lipinski definition) is 8. The summed E-state index contributed by atoms with van der Waals surface area (Å²) in [6, 6.07) is 0. The molecule has 22 heavy (non-hydrogen) atoms. The first-order chi connectivity index (χ1) is 10.4. The van der Waals surface area contributed by atoms with Gasteiger partial charge in [-0.15, -0.1) is 0 Å². The molecule has 0 radical (unpaired) electrons. The number of alkyl halides is 1. The molecular weight excluding hydrogens is 421 g/mol. The molecule has 120 valence electrons. The van der Waals surface area contributed by atoms with E-state index in [2.05, 4.69) is 27.6 Å². The van der Waals surface area contributed by atoms with Gasteiger partial charge in [0.05, 0.1) is 17.5 Å². The van der Waals surface area contributed by atoms with Crippen LogP contribution in [0.3, 0.4) is 0 Å². The Morgan fingerprint density at radius 2 is 2.27 bits per heavy atom. The molecule has 1 unspecified atom stereocenters. The number of anilines is 1. The largest absolute Gasteiger partial charge is 0.390 e. The van der Waals surface area contributed by atoms with Crippen molar-refractivity contribution in [1.29, 1.82) is 0 Å². The van der Waals surface area contributed by atoms with Gasteiger partial charge in [0.1, 0.15) is 24.3 Å². The molecule has 0 spiro atoms. The number of nitrogens with two attached hydrogens (primary N) is 1. The van der Waals surface area contributed by atoms with Gasteiger partial charge in [-0.25, -0.2) is 15.0 Å². The highest BCUT2D eigenvalue weighted by atomic mass is 127. The minimum absolute atomic E-state index is 0.267. The predicted octanol–water partition coefficient (Wildman–Crippen LogP) is 0.283. The fourth-order valence-corrected chi connectivity index (χ4v) is 3.90. The van der Waals surface area contributed by atoms with Crippen molar-refractivity contribution in [2.45, 2.75) is 40.6 Å². The molecule has 3 rings (SSSR count). The molecule has 2 aromatic rings. The number of aromatic nitrogens is 4. The van der Waals surface area contributed by atoms with E-state index in [1.807, 2.05) is 29.5 Å². The van der Waals surface area contributed by atoms with Crippen LogP contribution in [0.4, 0.5) is 5.82 Å². The van der Waals surface area contributed by atoms with Gasteiger partial charge in [-0.2, -0.15) is 12.6 Å². The lowest BCUT2D eigenvalue weighted by atomic mass is 10.1. The molecule has 5 atom stereocenters. The second-order valence-electron chi connectivity index (χ2n) is 5.15. The van der Waals surface area contributed by atoms with Crippen LogP contribution in [0.2, 0.25) is 0 Å². The van der Waals surface area contributed by atoms with Gasteiger partial charge in [-0.1, -0.05) is 6.92 Å². The Morgan fingerprint density at radius 3 is 2.95 bits per heavy atom. The molecule has 2 aromatic heterocycles. The summed E-state index contributed by atoms with van der Waals surface area (Å²) >= 11 is 6.53. The SMILES string of the molecule is CCC(O)[C@H]1O[C@@](I)(n2cnc3c(N)ncnc32)[C@H](S)[C@@H]1O. The van der Waals surface area contributed by atoms with Crippen LogP contribution >= 0.6 is 35.2 Å². The Hall–Kier alpha value is -0.690. The molecule has 1 saturated heterocycles. The van der Waals surface area contributed by atoms with Crippen LogP contribution in [0.5, 0.6) is 0 Å². The molecule has 0 amide bonds. The minimum Gasteiger partial charge on any atom is -0.390 e. The lowest BCUT2D eigenvalue weighted by Crippen LogP contribution is -2.37. The second-order valence-corrected chi connectivity index (χ2v) is 7.25. The number of rotatable bonds is 3. The molecule has 0 aliphatic carbocycles. The third kappa shape index (κ3) is 2.28. The lowest BCUT2D eigenvalue weighted by molar-refractivity contribution is -0.0887. The highest BCUT2D eigenvalue weighted by Crippen LogP contribution is 2.46. The van der Waals surface area contributed by atoms with Crippen molar-refractivity contribution < 1.29 is 14.9 Å². The van der Waals surface area contributed by atoms with E-state index in [1.54, 1.807) is 4.57 Å². The van der Waals surface area contributed by atoms with E-state index in [0.717, 1.165) is 0 Å². The van der Waals surface area contributed by atoms with Gasteiger partial charge < -0.3 is 20.7 Å². The average molecular weight is 437 g/mol. The van der Waals surface area contributed by atoms with Gasteiger partial charge in [0.2, 0.25) is 3.73 Å². The Balaban J connectivity index is 2.07. The average Bonchev–Trinajstić information content (AvgIpc) is 3.04. The molecule has 0 bridgehead atoms. The molecule has 1 fully saturated rings. The summed E-state index contributed by atoms with van der Waals surface area (Å²) in [5.41, 5.74) is 6.73. The topological polar surface area (TPSA) is 119 Å². The zero-order valence-electron chi connectivity index (χ0n) is 11.7. The summed E-state index contributed by atoms with van der Waals surface area (Å²) in [6.45, 7) is 1.82. The fourth-order valence-electron chi connectivity index (χ4n) is 2.53. The maximum Gasteiger partial charge on any atom is 0.214 e. The summed E-state index contributed by atoms with van der Waals surface area (Å²) in [7, 11) is 0.